The molecule has 10 atom stereocenters. The lowest BCUT2D eigenvalue weighted by molar-refractivity contribution is -0.246. The number of methoxy groups -OCH3 is 1. The van der Waals surface area contributed by atoms with Gasteiger partial charge in [0.15, 0.2) is 0 Å². The lowest BCUT2D eigenvalue weighted by Crippen LogP contribution is -2.67. The monoisotopic (exact) mass is 603 g/mol. The number of benzene rings is 1. The molecule has 1 amide bonds. The van der Waals surface area contributed by atoms with E-state index in [1.807, 2.05) is 12.1 Å². The quantitative estimate of drug-likeness (QED) is 0.242. The Balaban J connectivity index is 1.23. The lowest BCUT2D eigenvalue weighted by Gasteiger charge is -2.72. The summed E-state index contributed by atoms with van der Waals surface area (Å²) in [6.45, 7) is 20.1. The summed E-state index contributed by atoms with van der Waals surface area (Å²) in [7, 11) is 1.70. The normalized spacial score (nSPS) is 44.0. The number of ether oxygens (including phenoxy) is 1. The van der Waals surface area contributed by atoms with Crippen LogP contribution in [0.15, 0.2) is 36.4 Å². The summed E-state index contributed by atoms with van der Waals surface area (Å²) in [5.74, 6) is 3.89. The summed E-state index contributed by atoms with van der Waals surface area (Å²) in [6, 6.07) is 8.31. The fraction of sp³-hybridized carbons (Fsp3) is 0.775. The molecule has 4 heteroatoms. The molecule has 5 saturated carbocycles. The molecule has 5 aliphatic rings. The standard InChI is InChI=1S/C40H61NO3/c1-26(2)29-17-22-40(35(43)41-25-9-10-27-11-13-28(44-8)14-12-27)24-23-38(6)30(34(29)40)15-16-32-37(5)20-19-33(42)36(3,4)31(37)18-21-39(32,38)7/h11-14,29-34,42H,1,9-10,15-25H2,2-8H3,(H,41,43)/t29-,30+,31-,32+,33-,34+,37-,38+,39+,40-/m0/s1. The van der Waals surface area contributed by atoms with Crippen LogP contribution in [0.5, 0.6) is 5.75 Å². The molecule has 0 saturated heterocycles. The largest absolute Gasteiger partial charge is 0.497 e. The van der Waals surface area contributed by atoms with Crippen molar-refractivity contribution in [3.05, 3.63) is 42.0 Å². The van der Waals surface area contributed by atoms with E-state index in [1.165, 1.54) is 36.8 Å². The number of aliphatic hydroxyl groups excluding tert-OH is 1. The van der Waals surface area contributed by atoms with Crippen LogP contribution in [0.2, 0.25) is 0 Å². The van der Waals surface area contributed by atoms with Gasteiger partial charge in [0.25, 0.3) is 0 Å². The number of allylic oxidation sites excluding steroid dienone is 1. The Kier molecular flexibility index (Phi) is 8.16. The van der Waals surface area contributed by atoms with Crippen LogP contribution >= 0.6 is 0 Å². The summed E-state index contributed by atoms with van der Waals surface area (Å²) in [5, 5.41) is 14.5. The van der Waals surface area contributed by atoms with Crippen molar-refractivity contribution >= 4 is 5.91 Å². The number of rotatable bonds is 7. The van der Waals surface area contributed by atoms with Gasteiger partial charge in [0, 0.05) is 6.54 Å². The van der Waals surface area contributed by atoms with Crippen LogP contribution < -0.4 is 10.1 Å². The van der Waals surface area contributed by atoms with Crippen LogP contribution in [0.4, 0.5) is 0 Å². The lowest BCUT2D eigenvalue weighted by atomic mass is 9.32. The Labute approximate surface area is 268 Å². The van der Waals surface area contributed by atoms with Gasteiger partial charge in [-0.05, 0) is 153 Å². The third-order valence-electron chi connectivity index (χ3n) is 15.6. The number of hydrogen-bond acceptors (Lipinski definition) is 3. The Morgan fingerprint density at radius 1 is 0.909 bits per heavy atom. The van der Waals surface area contributed by atoms with E-state index in [2.05, 4.69) is 65.6 Å². The van der Waals surface area contributed by atoms with Gasteiger partial charge in [-0.2, -0.15) is 0 Å². The molecule has 0 spiro atoms. The molecule has 5 aliphatic carbocycles. The first-order valence-corrected chi connectivity index (χ1v) is 18.0. The van der Waals surface area contributed by atoms with Crippen molar-refractivity contribution in [3.8, 4) is 5.75 Å². The summed E-state index contributed by atoms with van der Waals surface area (Å²) in [4.78, 5) is 14.4. The zero-order valence-electron chi connectivity index (χ0n) is 28.9. The summed E-state index contributed by atoms with van der Waals surface area (Å²) < 4.78 is 5.31. The minimum atomic E-state index is -0.255. The second-order valence-corrected chi connectivity index (χ2v) is 17.4. The van der Waals surface area contributed by atoms with Gasteiger partial charge in [-0.3, -0.25) is 4.79 Å². The number of carbonyl (C=O) groups is 1. The van der Waals surface area contributed by atoms with Gasteiger partial charge in [-0.25, -0.2) is 0 Å². The number of amides is 1. The third-order valence-corrected chi connectivity index (χ3v) is 15.6. The maximum absolute atomic E-state index is 14.4. The van der Waals surface area contributed by atoms with Crippen LogP contribution in [0.25, 0.3) is 0 Å². The van der Waals surface area contributed by atoms with E-state index in [-0.39, 0.29) is 33.2 Å². The molecule has 5 fully saturated rings. The first kappa shape index (κ1) is 32.1. The summed E-state index contributed by atoms with van der Waals surface area (Å²) in [6.07, 6.45) is 13.1. The smallest absolute Gasteiger partial charge is 0.226 e. The molecule has 1 aromatic carbocycles. The molecule has 0 unspecified atom stereocenters. The van der Waals surface area contributed by atoms with E-state index in [0.717, 1.165) is 63.7 Å². The van der Waals surface area contributed by atoms with Crippen molar-refractivity contribution < 1.29 is 14.6 Å². The molecule has 0 radical (unpaired) electrons. The number of hydrogen-bond donors (Lipinski definition) is 2. The Hall–Kier alpha value is -1.81. The second kappa shape index (κ2) is 11.2. The second-order valence-electron chi connectivity index (χ2n) is 17.4. The third kappa shape index (κ3) is 4.57. The van der Waals surface area contributed by atoms with E-state index >= 15 is 0 Å². The number of nitrogens with one attached hydrogen (secondary N) is 1. The van der Waals surface area contributed by atoms with Crippen LogP contribution in [-0.2, 0) is 11.2 Å². The van der Waals surface area contributed by atoms with Crippen molar-refractivity contribution in [1.82, 2.24) is 5.32 Å². The molecule has 4 nitrogen and oxygen atoms in total. The molecule has 2 N–H and O–H groups in total. The topological polar surface area (TPSA) is 58.6 Å². The highest BCUT2D eigenvalue weighted by Gasteiger charge is 2.71. The van der Waals surface area contributed by atoms with Gasteiger partial charge in [-0.15, -0.1) is 0 Å². The highest BCUT2D eigenvalue weighted by atomic mass is 16.5. The van der Waals surface area contributed by atoms with Crippen LogP contribution in [0, 0.1) is 56.7 Å². The minimum Gasteiger partial charge on any atom is -0.497 e. The van der Waals surface area contributed by atoms with Gasteiger partial charge >= 0.3 is 0 Å². The molecule has 0 heterocycles. The number of carbonyl (C=O) groups excluding carboxylic acids is 1. The van der Waals surface area contributed by atoms with Crippen molar-refractivity contribution in [2.45, 2.75) is 125 Å². The van der Waals surface area contributed by atoms with E-state index in [9.17, 15) is 9.90 Å². The van der Waals surface area contributed by atoms with E-state index in [1.54, 1.807) is 7.11 Å². The van der Waals surface area contributed by atoms with Gasteiger partial charge in [-0.1, -0.05) is 58.9 Å². The fourth-order valence-corrected chi connectivity index (χ4v) is 13.0. The molecule has 44 heavy (non-hydrogen) atoms. The average Bonchev–Trinajstić information content (AvgIpc) is 3.39. The maximum Gasteiger partial charge on any atom is 0.226 e. The zero-order chi connectivity index (χ0) is 31.7. The van der Waals surface area contributed by atoms with Crippen LogP contribution in [0.1, 0.15) is 118 Å². The highest BCUT2D eigenvalue weighted by molar-refractivity contribution is 5.83. The molecule has 244 valence electrons. The highest BCUT2D eigenvalue weighted by Crippen LogP contribution is 2.77. The predicted octanol–water partition coefficient (Wildman–Crippen LogP) is 8.76. The number of aliphatic hydroxyl groups is 1. The molecule has 1 aromatic rings. The maximum atomic E-state index is 14.4. The van der Waals surface area contributed by atoms with Crippen molar-refractivity contribution in [2.24, 2.45) is 56.7 Å². The zero-order valence-corrected chi connectivity index (χ0v) is 28.9. The van der Waals surface area contributed by atoms with E-state index < -0.39 is 0 Å². The van der Waals surface area contributed by atoms with Gasteiger partial charge in [0.05, 0.1) is 18.6 Å². The summed E-state index contributed by atoms with van der Waals surface area (Å²) >= 11 is 0. The Bertz CT molecular complexity index is 1250. The van der Waals surface area contributed by atoms with Gasteiger partial charge in [0.2, 0.25) is 5.91 Å². The SMILES string of the molecule is C=C(C)[C@@H]1CC[C@]2(C(=O)NCCCc3ccc(OC)cc3)CC[C@]3(C)[C@H](CC[C@@H]4[C@@]5(C)CC[C@H](O)C(C)(C)[C@@H]5CC[C@]43C)[C@@H]12. The van der Waals surface area contributed by atoms with Crippen molar-refractivity contribution in [3.63, 3.8) is 0 Å². The Morgan fingerprint density at radius 3 is 2.32 bits per heavy atom. The van der Waals surface area contributed by atoms with Crippen molar-refractivity contribution in [1.29, 1.82) is 0 Å². The predicted molar refractivity (Wildman–Crippen MR) is 179 cm³/mol. The fourth-order valence-electron chi connectivity index (χ4n) is 13.0. The van der Waals surface area contributed by atoms with Crippen LogP contribution in [0.3, 0.4) is 0 Å². The Morgan fingerprint density at radius 2 is 1.64 bits per heavy atom. The van der Waals surface area contributed by atoms with Crippen molar-refractivity contribution in [2.75, 3.05) is 13.7 Å². The van der Waals surface area contributed by atoms with Gasteiger partial charge in [0.1, 0.15) is 5.75 Å². The minimum absolute atomic E-state index is 0.0181. The molecule has 0 aromatic heterocycles. The number of aryl methyl sites for hydroxylation is 1. The summed E-state index contributed by atoms with van der Waals surface area (Å²) in [5.41, 5.74) is 3.08. The van der Waals surface area contributed by atoms with E-state index in [0.29, 0.717) is 35.5 Å². The molecule has 0 bridgehead atoms. The first-order valence-electron chi connectivity index (χ1n) is 18.0. The molecule has 0 aliphatic heterocycles. The first-order chi connectivity index (χ1) is 20.7. The van der Waals surface area contributed by atoms with Crippen LogP contribution in [-0.4, -0.2) is 30.8 Å². The molecular formula is C40H61NO3. The molecular weight excluding hydrogens is 542 g/mol. The molecule has 6 rings (SSSR count). The van der Waals surface area contributed by atoms with Gasteiger partial charge < -0.3 is 15.2 Å². The number of fused-ring (bicyclic) bond motifs is 7. The average molecular weight is 604 g/mol. The van der Waals surface area contributed by atoms with E-state index in [4.69, 9.17) is 4.74 Å².